The summed E-state index contributed by atoms with van der Waals surface area (Å²) in [7, 11) is 0. The zero-order valence-corrected chi connectivity index (χ0v) is 15.8. The SMILES string of the molecule is O=C1CNc2ncccc2N1CCCN1CCC(Cc2ccccc2)CC1. The van der Waals surface area contributed by atoms with Gasteiger partial charge in [-0.2, -0.15) is 0 Å². The van der Waals surface area contributed by atoms with E-state index in [0.717, 1.165) is 36.9 Å². The molecule has 27 heavy (non-hydrogen) atoms. The van der Waals surface area contributed by atoms with Gasteiger partial charge in [0.2, 0.25) is 5.91 Å². The van der Waals surface area contributed by atoms with Crippen molar-refractivity contribution in [1.29, 1.82) is 0 Å². The summed E-state index contributed by atoms with van der Waals surface area (Å²) < 4.78 is 0. The normalized spacial score (nSPS) is 18.2. The Bertz CT molecular complexity index is 756. The first-order valence-electron chi connectivity index (χ1n) is 10.0. The van der Waals surface area contributed by atoms with Gasteiger partial charge in [0.05, 0.1) is 12.2 Å². The van der Waals surface area contributed by atoms with Crippen molar-refractivity contribution in [3.63, 3.8) is 0 Å². The number of nitrogens with one attached hydrogen (secondary N) is 1. The van der Waals surface area contributed by atoms with Crippen LogP contribution in [-0.2, 0) is 11.2 Å². The Labute approximate surface area is 161 Å². The van der Waals surface area contributed by atoms with E-state index in [-0.39, 0.29) is 5.91 Å². The maximum absolute atomic E-state index is 12.3. The molecule has 2 aliphatic heterocycles. The van der Waals surface area contributed by atoms with E-state index in [9.17, 15) is 4.79 Å². The number of likely N-dealkylation sites (tertiary alicyclic amines) is 1. The van der Waals surface area contributed by atoms with Crippen LogP contribution in [0, 0.1) is 5.92 Å². The Kier molecular flexibility index (Phi) is 5.68. The lowest BCUT2D eigenvalue weighted by atomic mass is 9.90. The molecule has 5 heteroatoms. The molecular weight excluding hydrogens is 336 g/mol. The Morgan fingerprint density at radius 3 is 2.67 bits per heavy atom. The molecule has 0 aliphatic carbocycles. The molecule has 2 aliphatic rings. The zero-order chi connectivity index (χ0) is 18.5. The van der Waals surface area contributed by atoms with E-state index in [1.54, 1.807) is 6.20 Å². The summed E-state index contributed by atoms with van der Waals surface area (Å²) in [5.74, 6) is 1.76. The molecule has 3 heterocycles. The number of hydrogen-bond donors (Lipinski definition) is 1. The third-order valence-corrected chi connectivity index (χ3v) is 5.72. The Balaban J connectivity index is 1.22. The molecule has 1 aromatic carbocycles. The number of carbonyl (C=O) groups excluding carboxylic acids is 1. The third kappa shape index (κ3) is 4.48. The molecule has 5 nitrogen and oxygen atoms in total. The topological polar surface area (TPSA) is 48.5 Å². The quantitative estimate of drug-likeness (QED) is 0.855. The number of carbonyl (C=O) groups is 1. The molecule has 4 rings (SSSR count). The minimum atomic E-state index is 0.136. The summed E-state index contributed by atoms with van der Waals surface area (Å²) in [6.45, 7) is 4.51. The lowest BCUT2D eigenvalue weighted by molar-refractivity contribution is -0.117. The number of piperidine rings is 1. The average molecular weight is 364 g/mol. The number of pyridine rings is 1. The molecule has 0 spiro atoms. The van der Waals surface area contributed by atoms with Gasteiger partial charge in [0.25, 0.3) is 0 Å². The monoisotopic (exact) mass is 364 g/mol. The molecular formula is C22H28N4O. The highest BCUT2D eigenvalue weighted by molar-refractivity contribution is 6.01. The fraction of sp³-hybridized carbons (Fsp3) is 0.455. The zero-order valence-electron chi connectivity index (χ0n) is 15.8. The van der Waals surface area contributed by atoms with Crippen molar-refractivity contribution in [1.82, 2.24) is 9.88 Å². The predicted molar refractivity (Wildman–Crippen MR) is 109 cm³/mol. The lowest BCUT2D eigenvalue weighted by Gasteiger charge is -2.33. The van der Waals surface area contributed by atoms with Crippen LogP contribution < -0.4 is 10.2 Å². The summed E-state index contributed by atoms with van der Waals surface area (Å²) in [5.41, 5.74) is 2.37. The minimum Gasteiger partial charge on any atom is -0.359 e. The highest BCUT2D eigenvalue weighted by atomic mass is 16.2. The van der Waals surface area contributed by atoms with Crippen molar-refractivity contribution in [2.24, 2.45) is 5.92 Å². The molecule has 1 N–H and O–H groups in total. The van der Waals surface area contributed by atoms with E-state index in [4.69, 9.17) is 0 Å². The molecule has 0 atom stereocenters. The Hall–Kier alpha value is -2.40. The number of amides is 1. The summed E-state index contributed by atoms with van der Waals surface area (Å²) in [6, 6.07) is 14.7. The number of fused-ring (bicyclic) bond motifs is 1. The van der Waals surface area contributed by atoms with Crippen LogP contribution in [0.2, 0.25) is 0 Å². The van der Waals surface area contributed by atoms with Crippen molar-refractivity contribution in [2.45, 2.75) is 25.7 Å². The lowest BCUT2D eigenvalue weighted by Crippen LogP contribution is -2.42. The maximum atomic E-state index is 12.3. The predicted octanol–water partition coefficient (Wildman–Crippen LogP) is 3.18. The highest BCUT2D eigenvalue weighted by Gasteiger charge is 2.24. The van der Waals surface area contributed by atoms with Crippen LogP contribution in [0.1, 0.15) is 24.8 Å². The molecule has 0 saturated carbocycles. The average Bonchev–Trinajstić information content (AvgIpc) is 2.72. The standard InChI is InChI=1S/C22H28N4O/c27-21-17-24-22-20(8-4-11-23-22)26(21)13-5-12-25-14-9-19(10-15-25)16-18-6-2-1-3-7-18/h1-4,6-8,11,19H,5,9-10,12-17H2,(H,23,24). The van der Waals surface area contributed by atoms with Crippen LogP contribution >= 0.6 is 0 Å². The van der Waals surface area contributed by atoms with Gasteiger partial charge in [0.15, 0.2) is 0 Å². The fourth-order valence-corrected chi connectivity index (χ4v) is 4.20. The number of benzene rings is 1. The fourth-order valence-electron chi connectivity index (χ4n) is 4.20. The second-order valence-electron chi connectivity index (χ2n) is 7.60. The molecule has 142 valence electrons. The number of anilines is 2. The molecule has 0 radical (unpaired) electrons. The molecule has 1 aromatic heterocycles. The molecule has 0 unspecified atom stereocenters. The van der Waals surface area contributed by atoms with Crippen LogP contribution in [0.3, 0.4) is 0 Å². The van der Waals surface area contributed by atoms with Crippen LogP contribution in [0.4, 0.5) is 11.5 Å². The third-order valence-electron chi connectivity index (χ3n) is 5.72. The van der Waals surface area contributed by atoms with Crippen LogP contribution in [0.5, 0.6) is 0 Å². The maximum Gasteiger partial charge on any atom is 0.246 e. The largest absolute Gasteiger partial charge is 0.359 e. The second kappa shape index (κ2) is 8.53. The number of nitrogens with zero attached hydrogens (tertiary/aromatic N) is 3. The van der Waals surface area contributed by atoms with Crippen molar-refractivity contribution in [3.05, 3.63) is 54.2 Å². The highest BCUT2D eigenvalue weighted by Crippen LogP contribution is 2.27. The van der Waals surface area contributed by atoms with Gasteiger partial charge >= 0.3 is 0 Å². The molecule has 1 amide bonds. The van der Waals surface area contributed by atoms with Gasteiger partial charge in [0.1, 0.15) is 5.82 Å². The molecule has 1 saturated heterocycles. The van der Waals surface area contributed by atoms with Crippen LogP contribution in [-0.4, -0.2) is 48.5 Å². The van der Waals surface area contributed by atoms with E-state index in [2.05, 4.69) is 45.5 Å². The Morgan fingerprint density at radius 2 is 1.85 bits per heavy atom. The van der Waals surface area contributed by atoms with E-state index in [1.165, 1.54) is 37.9 Å². The first-order chi connectivity index (χ1) is 13.3. The van der Waals surface area contributed by atoms with Gasteiger partial charge in [-0.15, -0.1) is 0 Å². The molecule has 1 fully saturated rings. The van der Waals surface area contributed by atoms with Gasteiger partial charge in [-0.05, 0) is 68.9 Å². The second-order valence-corrected chi connectivity index (χ2v) is 7.60. The Morgan fingerprint density at radius 1 is 1.04 bits per heavy atom. The van der Waals surface area contributed by atoms with Gasteiger partial charge in [0, 0.05) is 12.7 Å². The minimum absolute atomic E-state index is 0.136. The first-order valence-corrected chi connectivity index (χ1v) is 10.0. The summed E-state index contributed by atoms with van der Waals surface area (Å²) in [5, 5.41) is 3.09. The number of rotatable bonds is 6. The van der Waals surface area contributed by atoms with Crippen LogP contribution in [0.15, 0.2) is 48.7 Å². The smallest absolute Gasteiger partial charge is 0.246 e. The summed E-state index contributed by atoms with van der Waals surface area (Å²) in [6.07, 6.45) is 6.51. The number of hydrogen-bond acceptors (Lipinski definition) is 4. The first kappa shape index (κ1) is 18.0. The van der Waals surface area contributed by atoms with Crippen molar-refractivity contribution >= 4 is 17.4 Å². The van der Waals surface area contributed by atoms with Crippen LogP contribution in [0.25, 0.3) is 0 Å². The van der Waals surface area contributed by atoms with E-state index in [0.29, 0.717) is 6.54 Å². The van der Waals surface area contributed by atoms with Gasteiger partial charge in [-0.3, -0.25) is 4.79 Å². The van der Waals surface area contributed by atoms with Gasteiger partial charge in [-0.25, -0.2) is 4.98 Å². The van der Waals surface area contributed by atoms with E-state index in [1.807, 2.05) is 17.0 Å². The summed E-state index contributed by atoms with van der Waals surface area (Å²) in [4.78, 5) is 21.1. The van der Waals surface area contributed by atoms with E-state index >= 15 is 0 Å². The number of aromatic nitrogens is 1. The molecule has 0 bridgehead atoms. The van der Waals surface area contributed by atoms with Crippen molar-refractivity contribution in [3.8, 4) is 0 Å². The summed E-state index contributed by atoms with van der Waals surface area (Å²) >= 11 is 0. The van der Waals surface area contributed by atoms with Gasteiger partial charge < -0.3 is 15.1 Å². The van der Waals surface area contributed by atoms with Crippen molar-refractivity contribution in [2.75, 3.05) is 42.9 Å². The van der Waals surface area contributed by atoms with Gasteiger partial charge in [-0.1, -0.05) is 30.3 Å². The molecule has 2 aromatic rings. The van der Waals surface area contributed by atoms with E-state index < -0.39 is 0 Å². The van der Waals surface area contributed by atoms with Crippen molar-refractivity contribution < 1.29 is 4.79 Å².